The topological polar surface area (TPSA) is 41.6 Å². The smallest absolute Gasteiger partial charge is 0.322 e. The Labute approximate surface area is 147 Å². The summed E-state index contributed by atoms with van der Waals surface area (Å²) >= 11 is 0. The maximum absolute atomic E-state index is 13.0. The molecule has 0 saturated carbocycles. The van der Waals surface area contributed by atoms with Gasteiger partial charge < -0.3 is 15.0 Å². The maximum Gasteiger partial charge on any atom is 0.322 e. The molecular formula is C21H20N2O2. The SMILES string of the molecule is O=C(Nc1cccc2ccccc12)N1CCOC[C@@H]1c1ccccc1. The normalized spacial score (nSPS) is 17.4. The van der Waals surface area contributed by atoms with Crippen LogP contribution in [-0.2, 0) is 4.74 Å². The number of morpholine rings is 1. The molecule has 1 aliphatic heterocycles. The fraction of sp³-hybridized carbons (Fsp3) is 0.190. The molecule has 1 heterocycles. The van der Waals surface area contributed by atoms with E-state index < -0.39 is 0 Å². The van der Waals surface area contributed by atoms with Gasteiger partial charge in [0.05, 0.1) is 24.9 Å². The lowest BCUT2D eigenvalue weighted by Crippen LogP contribution is -2.45. The summed E-state index contributed by atoms with van der Waals surface area (Å²) in [4.78, 5) is 14.8. The Morgan fingerprint density at radius 1 is 0.960 bits per heavy atom. The van der Waals surface area contributed by atoms with Gasteiger partial charge in [0.25, 0.3) is 0 Å². The number of anilines is 1. The van der Waals surface area contributed by atoms with Gasteiger partial charge in [0.15, 0.2) is 0 Å². The molecule has 2 amide bonds. The Hall–Kier alpha value is -2.85. The average Bonchev–Trinajstić information content (AvgIpc) is 2.69. The lowest BCUT2D eigenvalue weighted by Gasteiger charge is -2.36. The van der Waals surface area contributed by atoms with Crippen molar-refractivity contribution in [2.75, 3.05) is 25.1 Å². The van der Waals surface area contributed by atoms with Crippen LogP contribution < -0.4 is 5.32 Å². The molecule has 1 fully saturated rings. The second-order valence-electron chi connectivity index (χ2n) is 6.15. The van der Waals surface area contributed by atoms with Crippen molar-refractivity contribution in [1.29, 1.82) is 0 Å². The van der Waals surface area contributed by atoms with E-state index in [-0.39, 0.29) is 12.1 Å². The van der Waals surface area contributed by atoms with Gasteiger partial charge in [-0.05, 0) is 17.0 Å². The van der Waals surface area contributed by atoms with Gasteiger partial charge in [-0.15, -0.1) is 0 Å². The first-order chi connectivity index (χ1) is 12.3. The molecule has 0 aromatic heterocycles. The first kappa shape index (κ1) is 15.7. The zero-order valence-corrected chi connectivity index (χ0v) is 13.9. The van der Waals surface area contributed by atoms with Gasteiger partial charge in [-0.2, -0.15) is 0 Å². The molecule has 0 unspecified atom stereocenters. The van der Waals surface area contributed by atoms with Gasteiger partial charge >= 0.3 is 6.03 Å². The van der Waals surface area contributed by atoms with Crippen LogP contribution in [0.1, 0.15) is 11.6 Å². The molecule has 4 rings (SSSR count). The zero-order valence-electron chi connectivity index (χ0n) is 13.9. The first-order valence-electron chi connectivity index (χ1n) is 8.51. The third-order valence-corrected chi connectivity index (χ3v) is 4.60. The Kier molecular flexibility index (Phi) is 4.36. The molecule has 4 nitrogen and oxygen atoms in total. The lowest BCUT2D eigenvalue weighted by atomic mass is 10.1. The van der Waals surface area contributed by atoms with Gasteiger partial charge in [0, 0.05) is 11.9 Å². The van der Waals surface area contributed by atoms with Crippen LogP contribution in [0.4, 0.5) is 10.5 Å². The van der Waals surface area contributed by atoms with E-state index in [1.165, 1.54) is 0 Å². The molecular weight excluding hydrogens is 312 g/mol. The number of rotatable bonds is 2. The summed E-state index contributed by atoms with van der Waals surface area (Å²) in [7, 11) is 0. The number of ether oxygens (including phenoxy) is 1. The van der Waals surface area contributed by atoms with E-state index in [0.29, 0.717) is 19.8 Å². The highest BCUT2D eigenvalue weighted by atomic mass is 16.5. The van der Waals surface area contributed by atoms with Crippen LogP contribution in [0.2, 0.25) is 0 Å². The van der Waals surface area contributed by atoms with Crippen molar-refractivity contribution >= 4 is 22.5 Å². The van der Waals surface area contributed by atoms with E-state index in [1.54, 1.807) is 0 Å². The third-order valence-electron chi connectivity index (χ3n) is 4.60. The number of hydrogen-bond donors (Lipinski definition) is 1. The molecule has 1 atom stereocenters. The molecule has 4 heteroatoms. The summed E-state index contributed by atoms with van der Waals surface area (Å²) in [5.41, 5.74) is 1.93. The zero-order chi connectivity index (χ0) is 17.1. The summed E-state index contributed by atoms with van der Waals surface area (Å²) in [5.74, 6) is 0. The predicted octanol–water partition coefficient (Wildman–Crippen LogP) is 4.45. The summed E-state index contributed by atoms with van der Waals surface area (Å²) < 4.78 is 5.62. The molecule has 1 N–H and O–H groups in total. The van der Waals surface area contributed by atoms with Crippen LogP contribution in [-0.4, -0.2) is 30.7 Å². The fourth-order valence-electron chi connectivity index (χ4n) is 3.32. The van der Waals surface area contributed by atoms with Crippen molar-refractivity contribution in [3.05, 3.63) is 78.4 Å². The van der Waals surface area contributed by atoms with E-state index in [2.05, 4.69) is 5.32 Å². The number of nitrogens with one attached hydrogen (secondary N) is 1. The second kappa shape index (κ2) is 6.95. The Balaban J connectivity index is 1.60. The number of nitrogens with zero attached hydrogens (tertiary/aromatic N) is 1. The molecule has 0 radical (unpaired) electrons. The van der Waals surface area contributed by atoms with Crippen LogP contribution in [0.25, 0.3) is 10.8 Å². The van der Waals surface area contributed by atoms with Crippen LogP contribution in [0, 0.1) is 0 Å². The number of urea groups is 1. The average molecular weight is 332 g/mol. The third kappa shape index (κ3) is 3.21. The molecule has 0 bridgehead atoms. The maximum atomic E-state index is 13.0. The molecule has 0 spiro atoms. The fourth-order valence-corrected chi connectivity index (χ4v) is 3.32. The van der Waals surface area contributed by atoms with E-state index in [1.807, 2.05) is 77.7 Å². The molecule has 1 saturated heterocycles. The number of hydrogen-bond acceptors (Lipinski definition) is 2. The molecule has 1 aliphatic rings. The van der Waals surface area contributed by atoms with E-state index in [0.717, 1.165) is 22.0 Å². The van der Waals surface area contributed by atoms with Gasteiger partial charge in [-0.1, -0.05) is 66.7 Å². The summed E-state index contributed by atoms with van der Waals surface area (Å²) in [5, 5.41) is 5.24. The minimum absolute atomic E-state index is 0.0649. The summed E-state index contributed by atoms with van der Waals surface area (Å²) in [6.45, 7) is 1.66. The quantitative estimate of drug-likeness (QED) is 0.753. The van der Waals surface area contributed by atoms with Crippen molar-refractivity contribution in [1.82, 2.24) is 4.90 Å². The molecule has 3 aromatic carbocycles. The number of benzene rings is 3. The molecule has 3 aromatic rings. The van der Waals surface area contributed by atoms with Crippen molar-refractivity contribution in [2.24, 2.45) is 0 Å². The van der Waals surface area contributed by atoms with Crippen LogP contribution >= 0.6 is 0 Å². The molecule has 25 heavy (non-hydrogen) atoms. The van der Waals surface area contributed by atoms with Crippen LogP contribution in [0.15, 0.2) is 72.8 Å². The minimum Gasteiger partial charge on any atom is -0.377 e. The van der Waals surface area contributed by atoms with Gasteiger partial charge in [-0.3, -0.25) is 0 Å². The first-order valence-corrected chi connectivity index (χ1v) is 8.51. The number of carbonyl (C=O) groups excluding carboxylic acids is 1. The largest absolute Gasteiger partial charge is 0.377 e. The van der Waals surface area contributed by atoms with Crippen molar-refractivity contribution in [3.8, 4) is 0 Å². The predicted molar refractivity (Wildman–Crippen MR) is 99.7 cm³/mol. The van der Waals surface area contributed by atoms with Crippen molar-refractivity contribution in [3.63, 3.8) is 0 Å². The number of carbonyl (C=O) groups is 1. The summed E-state index contributed by atoms with van der Waals surface area (Å²) in [6, 6.07) is 23.9. The van der Waals surface area contributed by atoms with Crippen LogP contribution in [0.5, 0.6) is 0 Å². The second-order valence-corrected chi connectivity index (χ2v) is 6.15. The minimum atomic E-state index is -0.0893. The van der Waals surface area contributed by atoms with Crippen LogP contribution in [0.3, 0.4) is 0 Å². The Morgan fingerprint density at radius 2 is 1.72 bits per heavy atom. The van der Waals surface area contributed by atoms with Gasteiger partial charge in [0.2, 0.25) is 0 Å². The summed E-state index contributed by atoms with van der Waals surface area (Å²) in [6.07, 6.45) is 0. The lowest BCUT2D eigenvalue weighted by molar-refractivity contribution is 0.0148. The van der Waals surface area contributed by atoms with Crippen molar-refractivity contribution < 1.29 is 9.53 Å². The van der Waals surface area contributed by atoms with Gasteiger partial charge in [0.1, 0.15) is 0 Å². The Bertz CT molecular complexity index is 874. The Morgan fingerprint density at radius 3 is 2.60 bits per heavy atom. The van der Waals surface area contributed by atoms with Gasteiger partial charge in [-0.25, -0.2) is 4.79 Å². The molecule has 0 aliphatic carbocycles. The monoisotopic (exact) mass is 332 g/mol. The van der Waals surface area contributed by atoms with Crippen molar-refractivity contribution in [2.45, 2.75) is 6.04 Å². The standard InChI is InChI=1S/C21H20N2O2/c24-21(22-19-12-6-10-16-7-4-5-11-18(16)19)23-13-14-25-15-20(23)17-8-2-1-3-9-17/h1-12,20H,13-15H2,(H,22,24)/t20-/m1/s1. The number of amides is 2. The molecule has 126 valence electrons. The van der Waals surface area contributed by atoms with E-state index >= 15 is 0 Å². The highest BCUT2D eigenvalue weighted by molar-refractivity contribution is 6.01. The number of fused-ring (bicyclic) bond motifs is 1. The van der Waals surface area contributed by atoms with E-state index in [4.69, 9.17) is 4.74 Å². The highest BCUT2D eigenvalue weighted by Gasteiger charge is 2.28. The van der Waals surface area contributed by atoms with E-state index in [9.17, 15) is 4.79 Å². The highest BCUT2D eigenvalue weighted by Crippen LogP contribution is 2.27.